The third kappa shape index (κ3) is 9.69. The average Bonchev–Trinajstić information content (AvgIpc) is 2.46. The smallest absolute Gasteiger partial charge is 0.257 e. The molecule has 0 N–H and O–H groups in total. The zero-order valence-electron chi connectivity index (χ0n) is 14.6. The van der Waals surface area contributed by atoms with Crippen LogP contribution < -0.4 is 0 Å². The molecule has 0 aromatic rings. The monoisotopic (exact) mass is 336 g/mol. The van der Waals surface area contributed by atoms with Gasteiger partial charge in [-0.25, -0.2) is 8.42 Å². The molecular formula is C16H36O3SSi. The summed E-state index contributed by atoms with van der Waals surface area (Å²) in [7, 11) is -5.46. The molecule has 0 spiro atoms. The molecule has 0 fully saturated rings. The number of unbranched alkanes of at least 4 members (excludes halogenated alkanes) is 4. The zero-order chi connectivity index (χ0) is 16.2. The topological polar surface area (TPSA) is 43.4 Å². The van der Waals surface area contributed by atoms with Gasteiger partial charge in [0.15, 0.2) is 0 Å². The molecule has 3 nitrogen and oxygen atoms in total. The van der Waals surface area contributed by atoms with Crippen molar-refractivity contribution in [3.63, 3.8) is 0 Å². The van der Waals surface area contributed by atoms with Crippen LogP contribution in [-0.4, -0.2) is 22.5 Å². The zero-order valence-corrected chi connectivity index (χ0v) is 16.4. The lowest BCUT2D eigenvalue weighted by Crippen LogP contribution is -2.41. The summed E-state index contributed by atoms with van der Waals surface area (Å²) < 4.78 is 30.6. The molecule has 0 bridgehead atoms. The maximum absolute atomic E-state index is 12.3. The summed E-state index contributed by atoms with van der Waals surface area (Å²) in [6, 6.07) is 3.03. The first-order valence-electron chi connectivity index (χ1n) is 8.88. The first-order chi connectivity index (χ1) is 9.95. The van der Waals surface area contributed by atoms with E-state index in [1.807, 2.05) is 6.92 Å². The third-order valence-corrected chi connectivity index (χ3v) is 11.0. The van der Waals surface area contributed by atoms with Crippen molar-refractivity contribution >= 4 is 18.4 Å². The molecule has 0 unspecified atom stereocenters. The Bertz CT molecular complexity index is 320. The van der Waals surface area contributed by atoms with E-state index in [1.54, 1.807) is 0 Å². The van der Waals surface area contributed by atoms with E-state index >= 15 is 0 Å². The van der Waals surface area contributed by atoms with Crippen molar-refractivity contribution in [1.82, 2.24) is 0 Å². The van der Waals surface area contributed by atoms with Crippen molar-refractivity contribution in [2.24, 2.45) is 0 Å². The largest absolute Gasteiger partial charge is 0.315 e. The Labute approximate surface area is 134 Å². The van der Waals surface area contributed by atoms with Gasteiger partial charge in [0.2, 0.25) is 8.32 Å². The van der Waals surface area contributed by atoms with Crippen LogP contribution in [0, 0.1) is 0 Å². The fourth-order valence-electron chi connectivity index (χ4n) is 2.63. The highest BCUT2D eigenvalue weighted by Gasteiger charge is 2.37. The second-order valence-electron chi connectivity index (χ2n) is 6.19. The molecule has 0 atom stereocenters. The molecule has 0 aliphatic carbocycles. The molecule has 128 valence electrons. The van der Waals surface area contributed by atoms with Gasteiger partial charge in [0, 0.05) is 0 Å². The first kappa shape index (κ1) is 21.1. The Morgan fingerprint density at radius 3 is 1.43 bits per heavy atom. The van der Waals surface area contributed by atoms with E-state index in [1.165, 1.54) is 0 Å². The highest BCUT2D eigenvalue weighted by molar-refractivity contribution is 7.87. The molecule has 5 heteroatoms. The van der Waals surface area contributed by atoms with E-state index in [2.05, 4.69) is 20.8 Å². The van der Waals surface area contributed by atoms with Crippen LogP contribution in [0.2, 0.25) is 18.1 Å². The molecule has 0 aromatic carbocycles. The van der Waals surface area contributed by atoms with Crippen LogP contribution in [0.25, 0.3) is 0 Å². The van der Waals surface area contributed by atoms with Crippen LogP contribution in [0.3, 0.4) is 0 Å². The predicted octanol–water partition coefficient (Wildman–Crippen LogP) is 5.48. The summed E-state index contributed by atoms with van der Waals surface area (Å²) in [6.07, 6.45) is 8.26. The Hall–Kier alpha value is 0.127. The van der Waals surface area contributed by atoms with Gasteiger partial charge in [0.1, 0.15) is 0 Å². The molecule has 0 radical (unpaired) electrons. The van der Waals surface area contributed by atoms with Gasteiger partial charge in [-0.05, 0) is 24.6 Å². The van der Waals surface area contributed by atoms with Gasteiger partial charge in [-0.1, -0.05) is 72.6 Å². The lowest BCUT2D eigenvalue weighted by Gasteiger charge is -2.31. The Morgan fingerprint density at radius 1 is 0.714 bits per heavy atom. The maximum atomic E-state index is 12.3. The molecular weight excluding hydrogens is 300 g/mol. The molecule has 0 aromatic heterocycles. The number of rotatable bonds is 14. The van der Waals surface area contributed by atoms with Gasteiger partial charge in [0.25, 0.3) is 10.1 Å². The van der Waals surface area contributed by atoms with E-state index in [0.717, 1.165) is 63.1 Å². The van der Waals surface area contributed by atoms with Crippen LogP contribution in [-0.2, 0) is 14.0 Å². The quantitative estimate of drug-likeness (QED) is 0.394. The minimum absolute atomic E-state index is 0.197. The van der Waals surface area contributed by atoms with Crippen molar-refractivity contribution in [2.45, 2.75) is 97.2 Å². The summed E-state index contributed by atoms with van der Waals surface area (Å²) >= 11 is 0. The van der Waals surface area contributed by atoms with E-state index in [4.69, 9.17) is 3.87 Å². The van der Waals surface area contributed by atoms with Crippen molar-refractivity contribution in [3.05, 3.63) is 0 Å². The molecule has 0 aliphatic heterocycles. The van der Waals surface area contributed by atoms with Crippen molar-refractivity contribution in [1.29, 1.82) is 0 Å². The van der Waals surface area contributed by atoms with Crippen LogP contribution in [0.15, 0.2) is 0 Å². The van der Waals surface area contributed by atoms with Crippen LogP contribution >= 0.6 is 0 Å². The highest BCUT2D eigenvalue weighted by Crippen LogP contribution is 2.31. The maximum Gasteiger partial charge on any atom is 0.257 e. The van der Waals surface area contributed by atoms with Gasteiger partial charge in [-0.3, -0.25) is 0 Å². The van der Waals surface area contributed by atoms with Gasteiger partial charge in [0.05, 0.1) is 5.75 Å². The molecule has 0 aliphatic rings. The summed E-state index contributed by atoms with van der Waals surface area (Å²) in [5, 5.41) is 0. The summed E-state index contributed by atoms with van der Waals surface area (Å²) in [5.41, 5.74) is 0. The molecule has 0 saturated heterocycles. The van der Waals surface area contributed by atoms with Crippen LogP contribution in [0.5, 0.6) is 0 Å². The standard InChI is InChI=1S/C16H36O3SSi/c1-5-9-13-20(17,18)19-21(14-10-6-2,15-11-7-3)16-12-8-4/h5-16H2,1-4H3. The SMILES string of the molecule is CCCC[Si](CCCC)(CCCC)OS(=O)(=O)CCCC. The van der Waals surface area contributed by atoms with Gasteiger partial charge < -0.3 is 3.87 Å². The molecule has 21 heavy (non-hydrogen) atoms. The van der Waals surface area contributed by atoms with E-state index in [9.17, 15) is 8.42 Å². The minimum Gasteiger partial charge on any atom is -0.315 e. The second kappa shape index (κ2) is 11.7. The minimum atomic E-state index is -3.33. The molecule has 0 heterocycles. The van der Waals surface area contributed by atoms with Gasteiger partial charge in [-0.15, -0.1) is 0 Å². The Balaban J connectivity index is 5.01. The first-order valence-corrected chi connectivity index (χ1v) is 13.0. The number of hydrogen-bond acceptors (Lipinski definition) is 3. The summed E-state index contributed by atoms with van der Waals surface area (Å²) in [5.74, 6) is 0.197. The van der Waals surface area contributed by atoms with Crippen molar-refractivity contribution in [2.75, 3.05) is 5.75 Å². The number of hydrogen-bond donors (Lipinski definition) is 0. The molecule has 0 amide bonds. The third-order valence-electron chi connectivity index (χ3n) is 4.01. The fraction of sp³-hybridized carbons (Fsp3) is 1.00. The lowest BCUT2D eigenvalue weighted by atomic mass is 10.4. The summed E-state index contributed by atoms with van der Waals surface area (Å²) in [4.78, 5) is 0. The predicted molar refractivity (Wildman–Crippen MR) is 94.7 cm³/mol. The van der Waals surface area contributed by atoms with Crippen molar-refractivity contribution < 1.29 is 12.3 Å². The molecule has 0 saturated carbocycles. The normalized spacial score (nSPS) is 12.8. The lowest BCUT2D eigenvalue weighted by molar-refractivity contribution is 0.463. The summed E-state index contributed by atoms with van der Waals surface area (Å²) in [6.45, 7) is 8.53. The van der Waals surface area contributed by atoms with Crippen LogP contribution in [0.1, 0.15) is 79.1 Å². The van der Waals surface area contributed by atoms with E-state index in [0.29, 0.717) is 6.42 Å². The van der Waals surface area contributed by atoms with Crippen molar-refractivity contribution in [3.8, 4) is 0 Å². The van der Waals surface area contributed by atoms with Crippen LogP contribution in [0.4, 0.5) is 0 Å². The van der Waals surface area contributed by atoms with Gasteiger partial charge in [-0.2, -0.15) is 0 Å². The van der Waals surface area contributed by atoms with E-state index < -0.39 is 18.4 Å². The van der Waals surface area contributed by atoms with Gasteiger partial charge >= 0.3 is 0 Å². The van der Waals surface area contributed by atoms with E-state index in [-0.39, 0.29) is 5.75 Å². The second-order valence-corrected chi connectivity index (χ2v) is 12.2. The highest BCUT2D eigenvalue weighted by atomic mass is 32.2. The average molecular weight is 337 g/mol. The molecule has 0 rings (SSSR count). The Kier molecular flexibility index (Phi) is 11.7. The fourth-order valence-corrected chi connectivity index (χ4v) is 10.5. The Morgan fingerprint density at radius 2 is 1.10 bits per heavy atom.